The number of piperazine rings is 1. The van der Waals surface area contributed by atoms with Crippen molar-refractivity contribution in [2.75, 3.05) is 26.2 Å². The van der Waals surface area contributed by atoms with Crippen LogP contribution in [0.1, 0.15) is 30.5 Å². The smallest absolute Gasteiger partial charge is 0.275 e. The minimum absolute atomic E-state index is 0.00660. The highest BCUT2D eigenvalue weighted by Crippen LogP contribution is 2.16. The van der Waals surface area contributed by atoms with Crippen molar-refractivity contribution in [2.24, 2.45) is 0 Å². The van der Waals surface area contributed by atoms with Crippen molar-refractivity contribution in [1.29, 1.82) is 0 Å². The van der Waals surface area contributed by atoms with E-state index in [2.05, 4.69) is 41.8 Å². The van der Waals surface area contributed by atoms with E-state index in [4.69, 9.17) is 0 Å². The molecule has 1 unspecified atom stereocenters. The largest absolute Gasteiger partial charge is 0.346 e. The lowest BCUT2D eigenvalue weighted by molar-refractivity contribution is -0.885. The lowest BCUT2D eigenvalue weighted by atomic mass is 10.0. The molecule has 2 amide bonds. The third-order valence-electron chi connectivity index (χ3n) is 3.85. The van der Waals surface area contributed by atoms with Crippen LogP contribution in [-0.2, 0) is 9.59 Å². The molecule has 114 valence electrons. The van der Waals surface area contributed by atoms with E-state index in [-0.39, 0.29) is 17.9 Å². The molecule has 1 aromatic carbocycles. The van der Waals surface area contributed by atoms with Crippen molar-refractivity contribution in [3.05, 3.63) is 35.4 Å². The van der Waals surface area contributed by atoms with E-state index in [9.17, 15) is 9.59 Å². The van der Waals surface area contributed by atoms with Gasteiger partial charge in [-0.3, -0.25) is 9.59 Å². The van der Waals surface area contributed by atoms with Gasteiger partial charge in [-0.1, -0.05) is 36.8 Å². The Kier molecular flexibility index (Phi) is 5.33. The second-order valence-electron chi connectivity index (χ2n) is 5.64. The van der Waals surface area contributed by atoms with Crippen molar-refractivity contribution in [3.8, 4) is 0 Å². The third-order valence-corrected chi connectivity index (χ3v) is 3.85. The molecule has 3 N–H and O–H groups in total. The van der Waals surface area contributed by atoms with Gasteiger partial charge in [-0.05, 0) is 18.9 Å². The van der Waals surface area contributed by atoms with Gasteiger partial charge in [-0.25, -0.2) is 0 Å². The number of carbonyl (C=O) groups excluding carboxylic acids is 2. The second kappa shape index (κ2) is 7.22. The SMILES string of the molecule is CC[C@@H](NC(=O)C[NH+]1CCNC(=O)C1)c1ccc(C)cc1. The Balaban J connectivity index is 1.90. The van der Waals surface area contributed by atoms with Gasteiger partial charge >= 0.3 is 0 Å². The zero-order valence-corrected chi connectivity index (χ0v) is 12.7. The zero-order valence-electron chi connectivity index (χ0n) is 12.7. The number of rotatable bonds is 5. The first-order valence-corrected chi connectivity index (χ1v) is 7.54. The summed E-state index contributed by atoms with van der Waals surface area (Å²) in [5.74, 6) is 0.0294. The van der Waals surface area contributed by atoms with Gasteiger partial charge in [0, 0.05) is 0 Å². The van der Waals surface area contributed by atoms with Crippen molar-refractivity contribution in [1.82, 2.24) is 10.6 Å². The van der Waals surface area contributed by atoms with Crippen LogP contribution in [0.2, 0.25) is 0 Å². The van der Waals surface area contributed by atoms with Crippen LogP contribution in [0.4, 0.5) is 0 Å². The van der Waals surface area contributed by atoms with Crippen LogP contribution < -0.4 is 15.5 Å². The Bertz CT molecular complexity index is 499. The topological polar surface area (TPSA) is 62.6 Å². The van der Waals surface area contributed by atoms with Gasteiger partial charge in [-0.2, -0.15) is 0 Å². The van der Waals surface area contributed by atoms with E-state index in [1.807, 2.05) is 6.92 Å². The molecule has 0 bridgehead atoms. The first-order chi connectivity index (χ1) is 10.1. The summed E-state index contributed by atoms with van der Waals surface area (Å²) in [5, 5.41) is 5.85. The van der Waals surface area contributed by atoms with E-state index >= 15 is 0 Å². The van der Waals surface area contributed by atoms with E-state index in [0.29, 0.717) is 19.6 Å². The number of benzene rings is 1. The van der Waals surface area contributed by atoms with Crippen molar-refractivity contribution in [3.63, 3.8) is 0 Å². The average molecular weight is 290 g/mol. The number of amides is 2. The molecule has 0 radical (unpaired) electrons. The quantitative estimate of drug-likeness (QED) is 0.689. The van der Waals surface area contributed by atoms with Crippen LogP contribution in [0.5, 0.6) is 0 Å². The van der Waals surface area contributed by atoms with Crippen LogP contribution in [0.25, 0.3) is 0 Å². The van der Waals surface area contributed by atoms with Gasteiger partial charge in [0.1, 0.15) is 0 Å². The molecule has 2 atom stereocenters. The van der Waals surface area contributed by atoms with Gasteiger partial charge in [-0.15, -0.1) is 0 Å². The molecule has 1 saturated heterocycles. The van der Waals surface area contributed by atoms with Crippen LogP contribution in [0.15, 0.2) is 24.3 Å². The molecule has 1 fully saturated rings. The van der Waals surface area contributed by atoms with Crippen LogP contribution in [-0.4, -0.2) is 38.0 Å². The summed E-state index contributed by atoms with van der Waals surface area (Å²) >= 11 is 0. The zero-order chi connectivity index (χ0) is 15.2. The fourth-order valence-electron chi connectivity index (χ4n) is 2.60. The lowest BCUT2D eigenvalue weighted by Crippen LogP contribution is -3.16. The number of carbonyl (C=O) groups is 2. The number of hydrogen-bond acceptors (Lipinski definition) is 2. The summed E-state index contributed by atoms with van der Waals surface area (Å²) in [6.07, 6.45) is 0.852. The fourth-order valence-corrected chi connectivity index (χ4v) is 2.60. The molecule has 5 heteroatoms. The standard InChI is InChI=1S/C16H23N3O2/c1-3-14(13-6-4-12(2)5-7-13)18-16(21)11-19-9-8-17-15(20)10-19/h4-7,14H,3,8-11H2,1-2H3,(H,17,20)(H,18,21)/p+1/t14-/m1/s1. The minimum Gasteiger partial charge on any atom is -0.346 e. The maximum absolute atomic E-state index is 12.2. The maximum Gasteiger partial charge on any atom is 0.275 e. The Morgan fingerprint density at radius 3 is 2.71 bits per heavy atom. The van der Waals surface area contributed by atoms with Gasteiger partial charge < -0.3 is 15.5 Å². The fraction of sp³-hybridized carbons (Fsp3) is 0.500. The molecule has 0 saturated carbocycles. The Morgan fingerprint density at radius 2 is 2.10 bits per heavy atom. The van der Waals surface area contributed by atoms with Crippen molar-refractivity contribution < 1.29 is 14.5 Å². The maximum atomic E-state index is 12.2. The molecular weight excluding hydrogens is 266 g/mol. The van der Waals surface area contributed by atoms with E-state index in [0.717, 1.165) is 23.4 Å². The molecule has 2 rings (SSSR count). The molecule has 0 spiro atoms. The molecule has 1 heterocycles. The van der Waals surface area contributed by atoms with Gasteiger partial charge in [0.25, 0.3) is 11.8 Å². The first kappa shape index (κ1) is 15.5. The highest BCUT2D eigenvalue weighted by molar-refractivity contribution is 5.79. The Morgan fingerprint density at radius 1 is 1.38 bits per heavy atom. The highest BCUT2D eigenvalue weighted by Gasteiger charge is 2.23. The van der Waals surface area contributed by atoms with Crippen LogP contribution in [0, 0.1) is 6.92 Å². The average Bonchev–Trinajstić information content (AvgIpc) is 2.46. The number of nitrogens with one attached hydrogen (secondary N) is 3. The molecule has 1 aliphatic heterocycles. The summed E-state index contributed by atoms with van der Waals surface area (Å²) in [6, 6.07) is 8.28. The van der Waals surface area contributed by atoms with Crippen LogP contribution >= 0.6 is 0 Å². The molecule has 1 aliphatic rings. The van der Waals surface area contributed by atoms with E-state index in [1.54, 1.807) is 0 Å². The molecule has 1 aromatic rings. The lowest BCUT2D eigenvalue weighted by Gasteiger charge is -2.24. The Labute approximate surface area is 125 Å². The van der Waals surface area contributed by atoms with Crippen LogP contribution in [0.3, 0.4) is 0 Å². The highest BCUT2D eigenvalue weighted by atomic mass is 16.2. The van der Waals surface area contributed by atoms with E-state index < -0.39 is 0 Å². The second-order valence-corrected chi connectivity index (χ2v) is 5.64. The number of quaternary nitrogens is 1. The third kappa shape index (κ3) is 4.56. The number of hydrogen-bond donors (Lipinski definition) is 3. The monoisotopic (exact) mass is 290 g/mol. The molecule has 5 nitrogen and oxygen atoms in total. The predicted octanol–water partition coefficient (Wildman–Crippen LogP) is -0.423. The van der Waals surface area contributed by atoms with Crippen molar-refractivity contribution >= 4 is 11.8 Å². The Hall–Kier alpha value is -1.88. The molecule has 21 heavy (non-hydrogen) atoms. The van der Waals surface area contributed by atoms with E-state index in [1.165, 1.54) is 5.56 Å². The summed E-state index contributed by atoms with van der Waals surface area (Å²) in [4.78, 5) is 24.5. The molecule has 0 aromatic heterocycles. The summed E-state index contributed by atoms with van der Waals surface area (Å²) < 4.78 is 0. The summed E-state index contributed by atoms with van der Waals surface area (Å²) in [6.45, 7) is 6.31. The normalized spacial score (nSPS) is 19.7. The first-order valence-electron chi connectivity index (χ1n) is 7.54. The van der Waals surface area contributed by atoms with Crippen molar-refractivity contribution in [2.45, 2.75) is 26.3 Å². The summed E-state index contributed by atoms with van der Waals surface area (Å²) in [7, 11) is 0. The van der Waals surface area contributed by atoms with Gasteiger partial charge in [0.15, 0.2) is 13.1 Å². The predicted molar refractivity (Wildman–Crippen MR) is 80.9 cm³/mol. The van der Waals surface area contributed by atoms with Gasteiger partial charge in [0.05, 0.1) is 19.1 Å². The molecule has 0 aliphatic carbocycles. The number of aryl methyl sites for hydroxylation is 1. The minimum atomic E-state index is 0.00660. The van der Waals surface area contributed by atoms with Gasteiger partial charge in [0.2, 0.25) is 0 Å². The summed E-state index contributed by atoms with van der Waals surface area (Å²) in [5.41, 5.74) is 2.34. The molecular formula is C16H24N3O2+.